The van der Waals surface area contributed by atoms with Crippen molar-refractivity contribution in [2.75, 3.05) is 0 Å². The molecule has 0 aliphatic rings. The molecule has 0 atom stereocenters. The summed E-state index contributed by atoms with van der Waals surface area (Å²) < 4.78 is 3.15. The maximum Gasteiger partial charge on any atom is 0.346 e. The Hall–Kier alpha value is -3.41. The van der Waals surface area contributed by atoms with Crippen LogP contribution in [0.3, 0.4) is 0 Å². The molecule has 29 heavy (non-hydrogen) atoms. The molecule has 6 heteroatoms. The lowest BCUT2D eigenvalue weighted by molar-refractivity contribution is 0.0697. The van der Waals surface area contributed by atoms with Gasteiger partial charge in [-0.2, -0.15) is 5.10 Å². The average molecular weight is 391 g/mol. The highest BCUT2D eigenvalue weighted by atomic mass is 16.4. The first kappa shape index (κ1) is 20.3. The van der Waals surface area contributed by atoms with Crippen molar-refractivity contribution in [2.24, 2.45) is 0 Å². The normalized spacial score (nSPS) is 11.4. The van der Waals surface area contributed by atoms with Crippen LogP contribution in [0.25, 0.3) is 17.2 Å². The van der Waals surface area contributed by atoms with Gasteiger partial charge in [-0.1, -0.05) is 55.5 Å². The van der Waals surface area contributed by atoms with E-state index in [4.69, 9.17) is 0 Å². The summed E-state index contributed by atoms with van der Waals surface area (Å²) in [6.45, 7) is 6.30. The molecule has 150 valence electrons. The molecule has 3 aromatic rings. The van der Waals surface area contributed by atoms with E-state index in [1.165, 1.54) is 4.68 Å². The maximum absolute atomic E-state index is 12.8. The van der Waals surface area contributed by atoms with E-state index in [0.717, 1.165) is 17.5 Å². The third-order valence-corrected chi connectivity index (χ3v) is 4.67. The van der Waals surface area contributed by atoms with Crippen LogP contribution in [0.5, 0.6) is 0 Å². The highest BCUT2D eigenvalue weighted by Gasteiger charge is 2.14. The van der Waals surface area contributed by atoms with Crippen LogP contribution in [-0.4, -0.2) is 25.4 Å². The second-order valence-electron chi connectivity index (χ2n) is 7.12. The smallest absolute Gasteiger partial charge is 0.346 e. The van der Waals surface area contributed by atoms with Crippen molar-refractivity contribution in [1.82, 2.24) is 14.3 Å². The van der Waals surface area contributed by atoms with E-state index in [-0.39, 0.29) is 17.3 Å². The molecule has 0 unspecified atom stereocenters. The summed E-state index contributed by atoms with van der Waals surface area (Å²) in [4.78, 5) is 24.2. The third kappa shape index (κ3) is 4.37. The van der Waals surface area contributed by atoms with Crippen molar-refractivity contribution >= 4 is 12.0 Å². The number of aromatic carboxylic acids is 1. The summed E-state index contributed by atoms with van der Waals surface area (Å²) in [5.41, 5.74) is 2.56. The lowest BCUT2D eigenvalue weighted by Crippen LogP contribution is -2.26. The summed E-state index contributed by atoms with van der Waals surface area (Å²) in [5.74, 6) is -0.324. The molecule has 0 radical (unpaired) electrons. The van der Waals surface area contributed by atoms with E-state index in [0.29, 0.717) is 17.9 Å². The molecule has 1 N–H and O–H groups in total. The van der Waals surface area contributed by atoms with Crippen LogP contribution in [0.1, 0.15) is 55.0 Å². The summed E-state index contributed by atoms with van der Waals surface area (Å²) in [5, 5.41) is 13.9. The summed E-state index contributed by atoms with van der Waals surface area (Å²) in [7, 11) is 0. The van der Waals surface area contributed by atoms with Crippen LogP contribution in [0.15, 0.2) is 59.4 Å². The molecule has 1 aromatic heterocycles. The highest BCUT2D eigenvalue weighted by molar-refractivity contribution is 5.95. The molecule has 3 rings (SSSR count). The molecule has 0 aliphatic carbocycles. The van der Waals surface area contributed by atoms with Gasteiger partial charge in [0, 0.05) is 0 Å². The maximum atomic E-state index is 12.8. The fourth-order valence-corrected chi connectivity index (χ4v) is 3.15. The molecule has 0 fully saturated rings. The number of aromatic nitrogens is 3. The van der Waals surface area contributed by atoms with Gasteiger partial charge in [0.25, 0.3) is 0 Å². The molecule has 6 nitrogen and oxygen atoms in total. The zero-order valence-corrected chi connectivity index (χ0v) is 16.9. The van der Waals surface area contributed by atoms with Crippen molar-refractivity contribution in [1.29, 1.82) is 0 Å². The predicted molar refractivity (Wildman–Crippen MR) is 114 cm³/mol. The third-order valence-electron chi connectivity index (χ3n) is 4.67. The lowest BCUT2D eigenvalue weighted by atomic mass is 9.99. The lowest BCUT2D eigenvalue weighted by Gasteiger charge is -2.08. The van der Waals surface area contributed by atoms with E-state index in [9.17, 15) is 14.7 Å². The number of rotatable bonds is 7. The second-order valence-corrected chi connectivity index (χ2v) is 7.12. The topological polar surface area (TPSA) is 77.1 Å². The summed E-state index contributed by atoms with van der Waals surface area (Å²) in [6, 6.07) is 14.5. The van der Waals surface area contributed by atoms with Crippen LogP contribution >= 0.6 is 0 Å². The van der Waals surface area contributed by atoms with Crippen molar-refractivity contribution in [2.45, 2.75) is 39.8 Å². The molecular weight excluding hydrogens is 366 g/mol. The standard InChI is InChI=1S/C23H25N3O3/c1-4-5-10-21-24-26(16(2)3)23(29)25(21)15-17-11-13-18(14-12-17)19-8-6-7-9-20(19)22(27)28/h5-14,16H,4,15H2,1-3H3,(H,27,28). The SMILES string of the molecule is CCC=Cc1nn(C(C)C)c(=O)n1Cc1ccc(-c2ccccc2C(=O)O)cc1. The van der Waals surface area contributed by atoms with Gasteiger partial charge in [0.1, 0.15) is 0 Å². The van der Waals surface area contributed by atoms with Gasteiger partial charge in [0.15, 0.2) is 5.82 Å². The molecule has 0 aliphatic heterocycles. The number of carboxylic acid groups (broad SMARTS) is 1. The Bertz CT molecular complexity index is 1090. The van der Waals surface area contributed by atoms with Gasteiger partial charge in [-0.3, -0.25) is 4.57 Å². The number of nitrogens with zero attached hydrogens (tertiary/aromatic N) is 3. The van der Waals surface area contributed by atoms with Gasteiger partial charge in [-0.05, 0) is 49.1 Å². The highest BCUT2D eigenvalue weighted by Crippen LogP contribution is 2.24. The van der Waals surface area contributed by atoms with E-state index >= 15 is 0 Å². The minimum atomic E-state index is -0.954. The number of carbonyl (C=O) groups is 1. The Morgan fingerprint density at radius 3 is 2.45 bits per heavy atom. The van der Waals surface area contributed by atoms with Crippen molar-refractivity contribution in [3.05, 3.63) is 82.0 Å². The van der Waals surface area contributed by atoms with Gasteiger partial charge in [0.2, 0.25) is 0 Å². The number of carboxylic acids is 1. The molecule has 0 saturated carbocycles. The Kier molecular flexibility index (Phi) is 6.12. The van der Waals surface area contributed by atoms with Gasteiger partial charge in [-0.25, -0.2) is 14.3 Å². The van der Waals surface area contributed by atoms with Crippen LogP contribution in [0.4, 0.5) is 0 Å². The molecule has 0 saturated heterocycles. The summed E-state index contributed by atoms with van der Waals surface area (Å²) >= 11 is 0. The largest absolute Gasteiger partial charge is 0.478 e. The first-order valence-electron chi connectivity index (χ1n) is 9.70. The van der Waals surface area contributed by atoms with Crippen LogP contribution < -0.4 is 5.69 Å². The summed E-state index contributed by atoms with van der Waals surface area (Å²) in [6.07, 6.45) is 4.72. The van der Waals surface area contributed by atoms with Gasteiger partial charge in [-0.15, -0.1) is 0 Å². The van der Waals surface area contributed by atoms with Crippen LogP contribution in [0, 0.1) is 0 Å². The number of hydrogen-bond donors (Lipinski definition) is 1. The molecule has 0 spiro atoms. The Morgan fingerprint density at radius 2 is 1.83 bits per heavy atom. The zero-order valence-electron chi connectivity index (χ0n) is 16.9. The van der Waals surface area contributed by atoms with Crippen molar-refractivity contribution in [3.8, 4) is 11.1 Å². The van der Waals surface area contributed by atoms with Crippen molar-refractivity contribution in [3.63, 3.8) is 0 Å². The molecule has 0 bridgehead atoms. The van der Waals surface area contributed by atoms with Crippen LogP contribution in [-0.2, 0) is 6.54 Å². The zero-order chi connectivity index (χ0) is 21.0. The predicted octanol–water partition coefficient (Wildman–Crippen LogP) is 4.46. The van der Waals surface area contributed by atoms with E-state index < -0.39 is 5.97 Å². The fourth-order valence-electron chi connectivity index (χ4n) is 3.15. The van der Waals surface area contributed by atoms with Crippen LogP contribution in [0.2, 0.25) is 0 Å². The Morgan fingerprint density at radius 1 is 1.14 bits per heavy atom. The Labute approximate surface area is 169 Å². The second kappa shape index (κ2) is 8.73. The van der Waals surface area contributed by atoms with E-state index in [2.05, 4.69) is 5.10 Å². The Balaban J connectivity index is 1.94. The van der Waals surface area contributed by atoms with Crippen molar-refractivity contribution < 1.29 is 9.90 Å². The molecule has 1 heterocycles. The first-order chi connectivity index (χ1) is 13.9. The number of benzene rings is 2. The van der Waals surface area contributed by atoms with Gasteiger partial charge in [0.05, 0.1) is 18.2 Å². The van der Waals surface area contributed by atoms with E-state index in [1.54, 1.807) is 22.8 Å². The molecule has 2 aromatic carbocycles. The molecule has 0 amide bonds. The van der Waals surface area contributed by atoms with E-state index in [1.807, 2.05) is 63.3 Å². The average Bonchev–Trinajstić information content (AvgIpc) is 3.02. The fraction of sp³-hybridized carbons (Fsp3) is 0.261. The minimum absolute atomic E-state index is 0.0209. The molecular formula is C23H25N3O3. The van der Waals surface area contributed by atoms with Gasteiger partial charge >= 0.3 is 11.7 Å². The first-order valence-corrected chi connectivity index (χ1v) is 9.70. The quantitative estimate of drug-likeness (QED) is 0.645. The number of hydrogen-bond acceptors (Lipinski definition) is 3. The number of allylic oxidation sites excluding steroid dienone is 1. The minimum Gasteiger partial charge on any atom is -0.478 e. The van der Waals surface area contributed by atoms with Gasteiger partial charge < -0.3 is 5.11 Å². The monoisotopic (exact) mass is 391 g/mol.